The molecule has 1 nitrogen and oxygen atoms in total. The van der Waals surface area contributed by atoms with Crippen LogP contribution < -0.4 is 0 Å². The maximum atomic E-state index is 3.50. The fourth-order valence-electron chi connectivity index (χ4n) is 2.17. The normalized spacial score (nSPS) is 12.2. The zero-order chi connectivity index (χ0) is 11.1. The van der Waals surface area contributed by atoms with Gasteiger partial charge in [-0.25, -0.2) is 0 Å². The molecule has 0 bridgehead atoms. The van der Waals surface area contributed by atoms with Gasteiger partial charge in [0.05, 0.1) is 0 Å². The van der Waals surface area contributed by atoms with Crippen molar-refractivity contribution in [2.75, 3.05) is 9.86 Å². The van der Waals surface area contributed by atoms with E-state index in [1.165, 1.54) is 21.8 Å². The van der Waals surface area contributed by atoms with Crippen molar-refractivity contribution in [2.45, 2.75) is 0 Å². The van der Waals surface area contributed by atoms with Crippen molar-refractivity contribution >= 4 is 41.6 Å². The SMILES string of the molecule is CI(C)c1cccc2[nH]c3ccccc3c12. The average Bonchev–Trinajstić information content (AvgIpc) is 2.66. The molecule has 82 valence electrons. The van der Waals surface area contributed by atoms with E-state index in [1.807, 2.05) is 0 Å². The number of fused-ring (bicyclic) bond motifs is 3. The van der Waals surface area contributed by atoms with Crippen LogP contribution in [0.4, 0.5) is 0 Å². The Morgan fingerprint density at radius 3 is 2.44 bits per heavy atom. The molecule has 0 aliphatic heterocycles. The Labute approximate surface area is 102 Å². The molecule has 3 rings (SSSR count). The number of halogens is 1. The summed E-state index contributed by atoms with van der Waals surface area (Å²) in [5.41, 5.74) is 2.53. The summed E-state index contributed by atoms with van der Waals surface area (Å²) in [5.74, 6) is 0. The zero-order valence-electron chi connectivity index (χ0n) is 9.42. The third-order valence-electron chi connectivity index (χ3n) is 2.89. The molecule has 0 spiro atoms. The molecule has 1 aromatic heterocycles. The molecule has 1 N–H and O–H groups in total. The molecule has 2 heteroatoms. The van der Waals surface area contributed by atoms with Gasteiger partial charge in [0.1, 0.15) is 0 Å². The number of H-pyrrole nitrogens is 1. The van der Waals surface area contributed by atoms with Crippen LogP contribution in [0.3, 0.4) is 0 Å². The Bertz CT molecular complexity index is 652. The van der Waals surface area contributed by atoms with Crippen molar-refractivity contribution in [3.8, 4) is 0 Å². The van der Waals surface area contributed by atoms with Crippen molar-refractivity contribution in [1.29, 1.82) is 0 Å². The summed E-state index contributed by atoms with van der Waals surface area (Å²) in [6.45, 7) is 0. The van der Waals surface area contributed by atoms with Crippen LogP contribution in [0.2, 0.25) is 0 Å². The van der Waals surface area contributed by atoms with Crippen molar-refractivity contribution in [2.24, 2.45) is 0 Å². The number of alkyl halides is 2. The molecule has 3 aromatic rings. The molecule has 0 saturated carbocycles. The van der Waals surface area contributed by atoms with Gasteiger partial charge >= 0.3 is 103 Å². The summed E-state index contributed by atoms with van der Waals surface area (Å²) in [6.07, 6.45) is 0. The van der Waals surface area contributed by atoms with E-state index in [4.69, 9.17) is 0 Å². The first-order chi connectivity index (χ1) is 7.77. The van der Waals surface area contributed by atoms with E-state index in [-0.39, 0.29) is 0 Å². The summed E-state index contributed by atoms with van der Waals surface area (Å²) in [4.78, 5) is 8.30. The van der Waals surface area contributed by atoms with Crippen molar-refractivity contribution < 1.29 is 0 Å². The van der Waals surface area contributed by atoms with E-state index in [0.29, 0.717) is 0 Å². The molecule has 0 aliphatic carbocycles. The van der Waals surface area contributed by atoms with E-state index >= 15 is 0 Å². The van der Waals surface area contributed by atoms with E-state index in [2.05, 4.69) is 57.3 Å². The number of aromatic amines is 1. The number of rotatable bonds is 1. The molecular weight excluding hydrogens is 309 g/mol. The summed E-state index contributed by atoms with van der Waals surface area (Å²) in [6, 6.07) is 15.2. The van der Waals surface area contributed by atoms with Gasteiger partial charge in [-0.2, -0.15) is 0 Å². The summed E-state index contributed by atoms with van der Waals surface area (Å²) >= 11 is -0.943. The van der Waals surface area contributed by atoms with Crippen molar-refractivity contribution in [3.05, 3.63) is 46.0 Å². The average molecular weight is 323 g/mol. The number of benzene rings is 2. The number of para-hydroxylation sites is 1. The zero-order valence-corrected chi connectivity index (χ0v) is 11.6. The predicted molar refractivity (Wildman–Crippen MR) is 80.4 cm³/mol. The standard InChI is InChI=1S/C14H14IN/c1-15(2)11-7-5-9-13-14(11)10-6-3-4-8-12(10)16-13/h3-9,16H,1-2H3. The number of hydrogen-bond acceptors (Lipinski definition) is 0. The van der Waals surface area contributed by atoms with Gasteiger partial charge in [-0.3, -0.25) is 0 Å². The topological polar surface area (TPSA) is 15.8 Å². The molecule has 0 unspecified atom stereocenters. The van der Waals surface area contributed by atoms with Crippen LogP contribution in [-0.4, -0.2) is 14.8 Å². The van der Waals surface area contributed by atoms with E-state index in [9.17, 15) is 0 Å². The molecule has 0 atom stereocenters. The molecule has 0 aliphatic rings. The molecule has 16 heavy (non-hydrogen) atoms. The molecular formula is C14H14IN. The van der Waals surface area contributed by atoms with Gasteiger partial charge in [-0.1, -0.05) is 0 Å². The molecule has 2 aromatic carbocycles. The Balaban J connectivity index is 2.53. The summed E-state index contributed by atoms with van der Waals surface area (Å²) < 4.78 is 1.58. The monoisotopic (exact) mass is 323 g/mol. The van der Waals surface area contributed by atoms with Crippen LogP contribution in [-0.2, 0) is 0 Å². The van der Waals surface area contributed by atoms with Crippen LogP contribution in [0, 0.1) is 3.57 Å². The number of hydrogen-bond donors (Lipinski definition) is 1. The Kier molecular flexibility index (Phi) is 2.39. The summed E-state index contributed by atoms with van der Waals surface area (Å²) in [7, 11) is 0. The second kappa shape index (κ2) is 3.77. The first-order valence-corrected chi connectivity index (χ1v) is 10.7. The third kappa shape index (κ3) is 1.44. The number of aromatic nitrogens is 1. The molecule has 0 saturated heterocycles. The van der Waals surface area contributed by atoms with Gasteiger partial charge < -0.3 is 0 Å². The van der Waals surface area contributed by atoms with Gasteiger partial charge in [0.15, 0.2) is 0 Å². The molecule has 0 amide bonds. The third-order valence-corrected chi connectivity index (χ3v) is 6.11. The van der Waals surface area contributed by atoms with E-state index < -0.39 is 19.8 Å². The van der Waals surface area contributed by atoms with E-state index in [0.717, 1.165) is 0 Å². The van der Waals surface area contributed by atoms with E-state index in [1.54, 1.807) is 3.57 Å². The second-order valence-electron chi connectivity index (χ2n) is 4.09. The van der Waals surface area contributed by atoms with Crippen LogP contribution in [0.15, 0.2) is 42.5 Å². The van der Waals surface area contributed by atoms with Crippen LogP contribution >= 0.6 is 19.8 Å². The van der Waals surface area contributed by atoms with Crippen molar-refractivity contribution in [3.63, 3.8) is 0 Å². The Morgan fingerprint density at radius 2 is 1.62 bits per heavy atom. The minimum atomic E-state index is -0.943. The molecule has 0 fully saturated rings. The van der Waals surface area contributed by atoms with Gasteiger partial charge in [-0.15, -0.1) is 0 Å². The van der Waals surface area contributed by atoms with Crippen LogP contribution in [0.25, 0.3) is 21.8 Å². The first kappa shape index (κ1) is 10.1. The van der Waals surface area contributed by atoms with Crippen LogP contribution in [0.1, 0.15) is 0 Å². The van der Waals surface area contributed by atoms with Gasteiger partial charge in [0.2, 0.25) is 0 Å². The van der Waals surface area contributed by atoms with Gasteiger partial charge in [0, 0.05) is 0 Å². The van der Waals surface area contributed by atoms with Gasteiger partial charge in [0.25, 0.3) is 0 Å². The first-order valence-electron chi connectivity index (χ1n) is 5.27. The van der Waals surface area contributed by atoms with Crippen LogP contribution in [0.5, 0.6) is 0 Å². The minimum absolute atomic E-state index is 0.943. The second-order valence-corrected chi connectivity index (χ2v) is 9.57. The number of nitrogens with one attached hydrogen (secondary N) is 1. The fraction of sp³-hybridized carbons (Fsp3) is 0.143. The van der Waals surface area contributed by atoms with Gasteiger partial charge in [-0.05, 0) is 0 Å². The molecule has 0 radical (unpaired) electrons. The quantitative estimate of drug-likeness (QED) is 0.509. The van der Waals surface area contributed by atoms with Crippen molar-refractivity contribution in [1.82, 2.24) is 4.98 Å². The Morgan fingerprint density at radius 1 is 0.875 bits per heavy atom. The summed E-state index contributed by atoms with van der Waals surface area (Å²) in [5, 5.41) is 2.83. The Hall–Kier alpha value is -1.03. The predicted octanol–water partition coefficient (Wildman–Crippen LogP) is 4.26. The maximum absolute atomic E-state index is 3.50. The fourth-order valence-corrected chi connectivity index (χ4v) is 4.76. The molecule has 1 heterocycles.